The molecule has 0 spiro atoms. The van der Waals surface area contributed by atoms with Crippen molar-refractivity contribution in [3.8, 4) is 5.69 Å². The van der Waals surface area contributed by atoms with Gasteiger partial charge >= 0.3 is 6.03 Å². The van der Waals surface area contributed by atoms with Crippen LogP contribution in [0.1, 0.15) is 5.56 Å². The molecule has 0 aliphatic rings. The summed E-state index contributed by atoms with van der Waals surface area (Å²) in [4.78, 5) is 13.7. The second-order valence-electron chi connectivity index (χ2n) is 5.68. The Labute approximate surface area is 144 Å². The summed E-state index contributed by atoms with van der Waals surface area (Å²) in [5, 5.41) is 2.80. The van der Waals surface area contributed by atoms with Crippen molar-refractivity contribution in [3.63, 3.8) is 0 Å². The van der Waals surface area contributed by atoms with Crippen molar-refractivity contribution in [2.75, 3.05) is 12.4 Å². The Hall–Kier alpha value is -3.15. The number of anilines is 1. The van der Waals surface area contributed by atoms with Gasteiger partial charge in [0, 0.05) is 37.4 Å². The Morgan fingerprint density at radius 1 is 1.04 bits per heavy atom. The molecule has 0 aliphatic heterocycles. The normalized spacial score (nSPS) is 10.5. The number of aromatic nitrogens is 1. The Balaban J connectivity index is 1.67. The van der Waals surface area contributed by atoms with Gasteiger partial charge in [-0.15, -0.1) is 0 Å². The van der Waals surface area contributed by atoms with Crippen molar-refractivity contribution < 1.29 is 13.6 Å². The van der Waals surface area contributed by atoms with Crippen molar-refractivity contribution in [3.05, 3.63) is 84.2 Å². The molecule has 6 heteroatoms. The lowest BCUT2D eigenvalue weighted by molar-refractivity contribution is 0.220. The van der Waals surface area contributed by atoms with Crippen LogP contribution in [0, 0.1) is 11.6 Å². The highest BCUT2D eigenvalue weighted by Crippen LogP contribution is 2.16. The van der Waals surface area contributed by atoms with Crippen LogP contribution in [-0.2, 0) is 6.54 Å². The van der Waals surface area contributed by atoms with Gasteiger partial charge in [0.2, 0.25) is 0 Å². The lowest BCUT2D eigenvalue weighted by Gasteiger charge is -2.18. The fraction of sp³-hybridized carbons (Fsp3) is 0.105. The third-order valence-corrected chi connectivity index (χ3v) is 3.75. The average molecular weight is 341 g/mol. The van der Waals surface area contributed by atoms with E-state index >= 15 is 0 Å². The summed E-state index contributed by atoms with van der Waals surface area (Å²) in [6, 6.07) is 14.5. The minimum Gasteiger partial charge on any atom is -0.324 e. The van der Waals surface area contributed by atoms with Crippen LogP contribution in [0.5, 0.6) is 0 Å². The van der Waals surface area contributed by atoms with Crippen LogP contribution in [-0.4, -0.2) is 22.5 Å². The SMILES string of the molecule is CN(Cc1ccc(F)c(F)c1)C(=O)Nc1cccc(-n2cccc2)c1. The number of rotatable bonds is 4. The highest BCUT2D eigenvalue weighted by atomic mass is 19.2. The molecule has 0 atom stereocenters. The monoisotopic (exact) mass is 341 g/mol. The number of benzene rings is 2. The van der Waals surface area contributed by atoms with Crippen molar-refractivity contribution in [1.82, 2.24) is 9.47 Å². The van der Waals surface area contributed by atoms with E-state index in [1.807, 2.05) is 47.3 Å². The minimum atomic E-state index is -0.925. The summed E-state index contributed by atoms with van der Waals surface area (Å²) in [5.41, 5.74) is 2.08. The molecule has 3 rings (SSSR count). The molecular formula is C19H17F2N3O. The van der Waals surface area contributed by atoms with Crippen molar-refractivity contribution in [2.24, 2.45) is 0 Å². The average Bonchev–Trinajstić information content (AvgIpc) is 3.13. The fourth-order valence-corrected chi connectivity index (χ4v) is 2.45. The summed E-state index contributed by atoms with van der Waals surface area (Å²) in [7, 11) is 1.59. The molecule has 0 saturated carbocycles. The summed E-state index contributed by atoms with van der Waals surface area (Å²) >= 11 is 0. The van der Waals surface area contributed by atoms with Gasteiger partial charge in [0.1, 0.15) is 0 Å². The standard InChI is InChI=1S/C19H17F2N3O/c1-23(13-14-7-8-17(20)18(21)11-14)19(25)22-15-5-4-6-16(12-15)24-9-2-3-10-24/h2-12H,13H2,1H3,(H,22,25). The van der Waals surface area contributed by atoms with Crippen LogP contribution >= 0.6 is 0 Å². The van der Waals surface area contributed by atoms with E-state index in [1.54, 1.807) is 13.1 Å². The molecule has 0 unspecified atom stereocenters. The highest BCUT2D eigenvalue weighted by molar-refractivity contribution is 5.89. The molecule has 0 radical (unpaired) electrons. The molecule has 4 nitrogen and oxygen atoms in total. The molecule has 25 heavy (non-hydrogen) atoms. The predicted molar refractivity (Wildman–Crippen MR) is 92.6 cm³/mol. The van der Waals surface area contributed by atoms with Gasteiger partial charge in [-0.25, -0.2) is 13.6 Å². The first kappa shape index (κ1) is 16.7. The van der Waals surface area contributed by atoms with E-state index in [0.29, 0.717) is 11.3 Å². The first-order valence-electron chi connectivity index (χ1n) is 7.72. The molecule has 2 aromatic carbocycles. The second-order valence-corrected chi connectivity index (χ2v) is 5.68. The van der Waals surface area contributed by atoms with E-state index in [-0.39, 0.29) is 12.6 Å². The Morgan fingerprint density at radius 3 is 2.52 bits per heavy atom. The summed E-state index contributed by atoms with van der Waals surface area (Å²) < 4.78 is 28.2. The molecule has 0 saturated heterocycles. The maximum atomic E-state index is 13.3. The first-order valence-corrected chi connectivity index (χ1v) is 7.72. The highest BCUT2D eigenvalue weighted by Gasteiger charge is 2.11. The van der Waals surface area contributed by atoms with Gasteiger partial charge in [0.05, 0.1) is 0 Å². The van der Waals surface area contributed by atoms with Crippen LogP contribution in [0.15, 0.2) is 67.0 Å². The van der Waals surface area contributed by atoms with Crippen molar-refractivity contribution in [1.29, 1.82) is 0 Å². The molecule has 0 aliphatic carbocycles. The summed E-state index contributed by atoms with van der Waals surface area (Å²) in [6.45, 7) is 0.167. The van der Waals surface area contributed by atoms with E-state index in [9.17, 15) is 13.6 Å². The topological polar surface area (TPSA) is 37.3 Å². The van der Waals surface area contributed by atoms with E-state index in [1.165, 1.54) is 11.0 Å². The molecule has 0 bridgehead atoms. The Kier molecular flexibility index (Phi) is 4.79. The second kappa shape index (κ2) is 7.17. The molecular weight excluding hydrogens is 324 g/mol. The van der Waals surface area contributed by atoms with Crippen LogP contribution < -0.4 is 5.32 Å². The molecule has 3 aromatic rings. The number of halogens is 2. The maximum Gasteiger partial charge on any atom is 0.321 e. The molecule has 2 amide bonds. The number of urea groups is 1. The lowest BCUT2D eigenvalue weighted by atomic mass is 10.2. The molecule has 1 heterocycles. The number of carbonyl (C=O) groups excluding carboxylic acids is 1. The minimum absolute atomic E-state index is 0.167. The predicted octanol–water partition coefficient (Wildman–Crippen LogP) is 4.42. The van der Waals surface area contributed by atoms with Gasteiger partial charge in [-0.3, -0.25) is 0 Å². The molecule has 128 valence electrons. The van der Waals surface area contributed by atoms with Crippen LogP contribution in [0.2, 0.25) is 0 Å². The zero-order valence-electron chi connectivity index (χ0n) is 13.6. The number of nitrogens with zero attached hydrogens (tertiary/aromatic N) is 2. The largest absolute Gasteiger partial charge is 0.324 e. The molecule has 1 N–H and O–H groups in total. The smallest absolute Gasteiger partial charge is 0.321 e. The Bertz CT molecular complexity index is 878. The fourth-order valence-electron chi connectivity index (χ4n) is 2.45. The summed E-state index contributed by atoms with van der Waals surface area (Å²) in [6.07, 6.45) is 3.83. The third-order valence-electron chi connectivity index (χ3n) is 3.75. The van der Waals surface area contributed by atoms with Crippen molar-refractivity contribution in [2.45, 2.75) is 6.54 Å². The van der Waals surface area contributed by atoms with Gasteiger partial charge in [-0.05, 0) is 48.0 Å². The molecule has 1 aromatic heterocycles. The number of carbonyl (C=O) groups is 1. The van der Waals surface area contributed by atoms with Crippen LogP contribution in [0.4, 0.5) is 19.3 Å². The first-order chi connectivity index (χ1) is 12.0. The third kappa shape index (κ3) is 4.03. The van der Waals surface area contributed by atoms with Crippen LogP contribution in [0.3, 0.4) is 0 Å². The quantitative estimate of drug-likeness (QED) is 0.749. The maximum absolute atomic E-state index is 13.3. The van der Waals surface area contributed by atoms with E-state index in [0.717, 1.165) is 17.8 Å². The van der Waals surface area contributed by atoms with E-state index < -0.39 is 11.6 Å². The lowest BCUT2D eigenvalue weighted by Crippen LogP contribution is -2.30. The number of amides is 2. The number of nitrogens with one attached hydrogen (secondary N) is 1. The number of hydrogen-bond donors (Lipinski definition) is 1. The molecule has 0 fully saturated rings. The van der Waals surface area contributed by atoms with E-state index in [4.69, 9.17) is 0 Å². The summed E-state index contributed by atoms with van der Waals surface area (Å²) in [5.74, 6) is -1.83. The number of hydrogen-bond acceptors (Lipinski definition) is 1. The zero-order chi connectivity index (χ0) is 17.8. The van der Waals surface area contributed by atoms with Gasteiger partial charge in [0.25, 0.3) is 0 Å². The zero-order valence-corrected chi connectivity index (χ0v) is 13.6. The van der Waals surface area contributed by atoms with Crippen LogP contribution in [0.25, 0.3) is 5.69 Å². The van der Waals surface area contributed by atoms with E-state index in [2.05, 4.69) is 5.32 Å². The van der Waals surface area contributed by atoms with Gasteiger partial charge < -0.3 is 14.8 Å². The van der Waals surface area contributed by atoms with Gasteiger partial charge in [0.15, 0.2) is 11.6 Å². The van der Waals surface area contributed by atoms with Crippen molar-refractivity contribution >= 4 is 11.7 Å². The van der Waals surface area contributed by atoms with Gasteiger partial charge in [-0.1, -0.05) is 12.1 Å². The Morgan fingerprint density at radius 2 is 1.80 bits per heavy atom. The van der Waals surface area contributed by atoms with Gasteiger partial charge in [-0.2, -0.15) is 0 Å².